The molecule has 4 aliphatic heterocycles. The van der Waals surface area contributed by atoms with Gasteiger partial charge >= 0.3 is 0 Å². The molecule has 1 aromatic carbocycles. The molecular formula is C18H23Cl2N3O3. The predicted octanol–water partition coefficient (Wildman–Crippen LogP) is 2.33. The number of hydrogen-bond acceptors (Lipinski definition) is 4. The van der Waals surface area contributed by atoms with Gasteiger partial charge in [-0.15, -0.1) is 12.4 Å². The molecule has 0 spiro atoms. The number of ether oxygens (including phenoxy) is 1. The van der Waals surface area contributed by atoms with Gasteiger partial charge in [0, 0.05) is 24.7 Å². The molecule has 2 unspecified atom stereocenters. The van der Waals surface area contributed by atoms with Gasteiger partial charge in [0.15, 0.2) is 11.9 Å². The summed E-state index contributed by atoms with van der Waals surface area (Å²) in [5.74, 6) is 0.622. The summed E-state index contributed by atoms with van der Waals surface area (Å²) in [6.07, 6.45) is 1.63. The van der Waals surface area contributed by atoms with Crippen LogP contribution in [0.3, 0.4) is 0 Å². The summed E-state index contributed by atoms with van der Waals surface area (Å²) in [6.45, 7) is 4.83. The summed E-state index contributed by atoms with van der Waals surface area (Å²) in [4.78, 5) is 29.0. The van der Waals surface area contributed by atoms with Crippen molar-refractivity contribution in [3.8, 4) is 5.75 Å². The Balaban J connectivity index is 0.00000196. The molecule has 5 rings (SSSR count). The number of rotatable bonds is 2. The smallest absolute Gasteiger partial charge is 0.267 e. The summed E-state index contributed by atoms with van der Waals surface area (Å²) in [7, 11) is 1.67. The van der Waals surface area contributed by atoms with E-state index < -0.39 is 6.10 Å². The van der Waals surface area contributed by atoms with Gasteiger partial charge in [-0.05, 0) is 50.9 Å². The quantitative estimate of drug-likeness (QED) is 0.828. The molecule has 4 heterocycles. The first-order valence-electron chi connectivity index (χ1n) is 8.75. The lowest BCUT2D eigenvalue weighted by atomic mass is 9.84. The van der Waals surface area contributed by atoms with Gasteiger partial charge in [-0.3, -0.25) is 9.59 Å². The van der Waals surface area contributed by atoms with Crippen molar-refractivity contribution in [1.29, 1.82) is 0 Å². The zero-order valence-corrected chi connectivity index (χ0v) is 16.4. The van der Waals surface area contributed by atoms with Crippen LogP contribution in [0.25, 0.3) is 0 Å². The Kier molecular flexibility index (Phi) is 5.37. The number of piperidine rings is 3. The fourth-order valence-corrected chi connectivity index (χ4v) is 4.33. The fourth-order valence-electron chi connectivity index (χ4n) is 4.11. The number of likely N-dealkylation sites (N-methyl/N-ethyl adjacent to an activating group) is 1. The summed E-state index contributed by atoms with van der Waals surface area (Å²) in [5, 5.41) is 3.57. The first-order chi connectivity index (χ1) is 11.9. The molecule has 3 fully saturated rings. The molecule has 4 aliphatic rings. The lowest BCUT2D eigenvalue weighted by Gasteiger charge is -2.45. The van der Waals surface area contributed by atoms with Crippen molar-refractivity contribution in [2.45, 2.75) is 31.9 Å². The van der Waals surface area contributed by atoms with Crippen LogP contribution >= 0.6 is 24.0 Å². The lowest BCUT2D eigenvalue weighted by Crippen LogP contribution is -2.57. The number of benzene rings is 1. The molecule has 142 valence electrons. The average molecular weight is 400 g/mol. The van der Waals surface area contributed by atoms with Crippen molar-refractivity contribution in [3.05, 3.63) is 22.7 Å². The Morgan fingerprint density at radius 1 is 1.31 bits per heavy atom. The molecule has 1 aromatic rings. The summed E-state index contributed by atoms with van der Waals surface area (Å²) in [5.41, 5.74) is 0.930. The predicted molar refractivity (Wildman–Crippen MR) is 103 cm³/mol. The maximum absolute atomic E-state index is 12.9. The number of nitrogens with one attached hydrogen (secondary N) is 1. The molecule has 26 heavy (non-hydrogen) atoms. The van der Waals surface area contributed by atoms with Crippen LogP contribution in [0.1, 0.15) is 30.1 Å². The second-order valence-electron chi connectivity index (χ2n) is 7.18. The van der Waals surface area contributed by atoms with Gasteiger partial charge in [0.25, 0.3) is 11.8 Å². The van der Waals surface area contributed by atoms with Gasteiger partial charge in [-0.25, -0.2) is 0 Å². The monoisotopic (exact) mass is 399 g/mol. The molecule has 3 saturated heterocycles. The van der Waals surface area contributed by atoms with E-state index in [0.29, 0.717) is 27.9 Å². The minimum atomic E-state index is -0.623. The van der Waals surface area contributed by atoms with Gasteiger partial charge in [0.1, 0.15) is 0 Å². The van der Waals surface area contributed by atoms with E-state index in [0.717, 1.165) is 32.5 Å². The Labute approximate surface area is 164 Å². The Bertz CT molecular complexity index is 735. The van der Waals surface area contributed by atoms with Crippen molar-refractivity contribution in [3.63, 3.8) is 0 Å². The highest BCUT2D eigenvalue weighted by Gasteiger charge is 2.37. The van der Waals surface area contributed by atoms with Crippen LogP contribution in [0.5, 0.6) is 5.75 Å². The minimum absolute atomic E-state index is 0. The summed E-state index contributed by atoms with van der Waals surface area (Å²) < 4.78 is 5.75. The van der Waals surface area contributed by atoms with Gasteiger partial charge in [-0.1, -0.05) is 11.6 Å². The molecule has 0 aromatic heterocycles. The molecule has 2 atom stereocenters. The molecule has 0 aliphatic carbocycles. The largest absolute Gasteiger partial charge is 0.478 e. The molecule has 0 saturated carbocycles. The minimum Gasteiger partial charge on any atom is -0.478 e. The number of anilines is 1. The number of amides is 2. The van der Waals surface area contributed by atoms with Gasteiger partial charge in [0.2, 0.25) is 0 Å². The van der Waals surface area contributed by atoms with Crippen molar-refractivity contribution < 1.29 is 14.3 Å². The third-order valence-electron chi connectivity index (χ3n) is 5.59. The number of carbonyl (C=O) groups excluding carboxylic acids is 2. The molecule has 1 N–H and O–H groups in total. The van der Waals surface area contributed by atoms with Crippen LogP contribution in [0.2, 0.25) is 5.02 Å². The van der Waals surface area contributed by atoms with Crippen LogP contribution in [0.4, 0.5) is 5.69 Å². The summed E-state index contributed by atoms with van der Waals surface area (Å²) in [6, 6.07) is 3.43. The van der Waals surface area contributed by atoms with E-state index >= 15 is 0 Å². The van der Waals surface area contributed by atoms with E-state index in [-0.39, 0.29) is 30.3 Å². The van der Waals surface area contributed by atoms with Crippen LogP contribution < -0.4 is 15.0 Å². The second kappa shape index (κ2) is 7.25. The topological polar surface area (TPSA) is 61.9 Å². The number of hydrogen-bond donors (Lipinski definition) is 1. The van der Waals surface area contributed by atoms with Crippen LogP contribution in [-0.2, 0) is 4.79 Å². The molecule has 8 heteroatoms. The molecule has 2 amide bonds. The van der Waals surface area contributed by atoms with E-state index in [1.807, 2.05) is 0 Å². The van der Waals surface area contributed by atoms with Crippen molar-refractivity contribution in [2.24, 2.45) is 5.92 Å². The molecule has 6 nitrogen and oxygen atoms in total. The van der Waals surface area contributed by atoms with Crippen molar-refractivity contribution >= 4 is 41.5 Å². The zero-order valence-electron chi connectivity index (χ0n) is 14.8. The highest BCUT2D eigenvalue weighted by Crippen LogP contribution is 2.39. The molecular weight excluding hydrogens is 377 g/mol. The number of carbonyl (C=O) groups is 2. The van der Waals surface area contributed by atoms with Crippen LogP contribution in [0, 0.1) is 5.92 Å². The average Bonchev–Trinajstić information content (AvgIpc) is 2.61. The van der Waals surface area contributed by atoms with E-state index in [9.17, 15) is 9.59 Å². The van der Waals surface area contributed by atoms with Crippen molar-refractivity contribution in [1.82, 2.24) is 10.2 Å². The lowest BCUT2D eigenvalue weighted by molar-refractivity contribution is -0.125. The number of halogens is 2. The first-order valence-corrected chi connectivity index (χ1v) is 9.13. The summed E-state index contributed by atoms with van der Waals surface area (Å²) >= 11 is 6.20. The maximum Gasteiger partial charge on any atom is 0.267 e. The Morgan fingerprint density at radius 3 is 2.62 bits per heavy atom. The van der Waals surface area contributed by atoms with Gasteiger partial charge < -0.3 is 19.9 Å². The zero-order chi connectivity index (χ0) is 17.7. The first kappa shape index (κ1) is 19.3. The van der Waals surface area contributed by atoms with Crippen LogP contribution in [-0.4, -0.2) is 55.5 Å². The van der Waals surface area contributed by atoms with E-state index in [1.54, 1.807) is 26.1 Å². The van der Waals surface area contributed by atoms with Gasteiger partial charge in [-0.2, -0.15) is 0 Å². The van der Waals surface area contributed by atoms with Gasteiger partial charge in [0.05, 0.1) is 11.3 Å². The standard InChI is InChI=1S/C18H22ClN3O3.ClH/c1-10-18(24)21(2)15-8-12(19)7-13(16(15)25-10)17(23)20-14-9-22-5-3-11(14)4-6-22;/h7-8,10-11,14H,3-6,9H2,1-2H3,(H,20,23);1H. The molecule has 0 radical (unpaired) electrons. The fraction of sp³-hybridized carbons (Fsp3) is 0.556. The van der Waals surface area contributed by atoms with Crippen LogP contribution in [0.15, 0.2) is 12.1 Å². The number of fused-ring (bicyclic) bond motifs is 4. The Morgan fingerprint density at radius 2 is 2.00 bits per heavy atom. The second-order valence-corrected chi connectivity index (χ2v) is 7.61. The number of nitrogens with zero attached hydrogens (tertiary/aromatic N) is 2. The van der Waals surface area contributed by atoms with E-state index in [2.05, 4.69) is 10.2 Å². The highest BCUT2D eigenvalue weighted by atomic mass is 35.5. The maximum atomic E-state index is 12.9. The third kappa shape index (κ3) is 3.26. The normalized spacial score (nSPS) is 29.5. The van der Waals surface area contributed by atoms with Crippen molar-refractivity contribution in [2.75, 3.05) is 31.6 Å². The SMILES string of the molecule is CC1Oc2c(C(=O)NC3CN4CCC3CC4)cc(Cl)cc2N(C)C1=O.Cl. The highest BCUT2D eigenvalue weighted by molar-refractivity contribution is 6.31. The third-order valence-corrected chi connectivity index (χ3v) is 5.80. The Hall–Kier alpha value is -1.50. The molecule has 2 bridgehead atoms. The van der Waals surface area contributed by atoms with E-state index in [4.69, 9.17) is 16.3 Å². The van der Waals surface area contributed by atoms with E-state index in [1.165, 1.54) is 4.90 Å².